The molecule has 0 unspecified atom stereocenters. The number of primary amides is 1. The minimum atomic E-state index is -0.414. The molecule has 0 aliphatic heterocycles. The molecule has 0 spiro atoms. The van der Waals surface area contributed by atoms with Gasteiger partial charge in [-0.2, -0.15) is 0 Å². The molecular formula is C7H11N3OS. The fraction of sp³-hybridized carbons (Fsp3) is 0.429. The van der Waals surface area contributed by atoms with Crippen molar-refractivity contribution < 1.29 is 4.79 Å². The summed E-state index contributed by atoms with van der Waals surface area (Å²) in [5, 5.41) is 0. The van der Waals surface area contributed by atoms with E-state index in [1.165, 1.54) is 16.2 Å². The van der Waals surface area contributed by atoms with Crippen molar-refractivity contribution in [3.05, 3.63) is 16.1 Å². The number of thiazole rings is 1. The molecule has 4 nitrogen and oxygen atoms in total. The Labute approximate surface area is 75.0 Å². The highest BCUT2D eigenvalue weighted by atomic mass is 32.1. The fourth-order valence-electron chi connectivity index (χ4n) is 0.771. The maximum atomic E-state index is 10.7. The van der Waals surface area contributed by atoms with Crippen molar-refractivity contribution in [3.63, 3.8) is 0 Å². The highest BCUT2D eigenvalue weighted by molar-refractivity contribution is 7.09. The number of hydrogen-bond donors (Lipinski definition) is 1. The smallest absolute Gasteiger partial charge is 0.314 e. The molecule has 0 aliphatic carbocycles. The largest absolute Gasteiger partial charge is 0.351 e. The summed E-state index contributed by atoms with van der Waals surface area (Å²) in [4.78, 5) is 17.3. The zero-order valence-electron chi connectivity index (χ0n) is 7.07. The summed E-state index contributed by atoms with van der Waals surface area (Å²) in [7, 11) is 1.67. The van der Waals surface area contributed by atoms with Crippen molar-refractivity contribution in [1.29, 1.82) is 0 Å². The molecule has 1 heterocycles. The van der Waals surface area contributed by atoms with E-state index in [9.17, 15) is 4.79 Å². The fourth-order valence-corrected chi connectivity index (χ4v) is 1.60. The standard InChI is InChI=1S/C7H11N3OS/c1-5-6(12-4-9-5)3-10(2)7(8)11/h4H,3H2,1-2H3,(H2,8,11). The third-order valence-corrected chi connectivity index (χ3v) is 2.52. The molecule has 12 heavy (non-hydrogen) atoms. The quantitative estimate of drug-likeness (QED) is 0.746. The summed E-state index contributed by atoms with van der Waals surface area (Å²) >= 11 is 1.53. The number of aromatic nitrogens is 1. The zero-order chi connectivity index (χ0) is 9.14. The van der Waals surface area contributed by atoms with Gasteiger partial charge in [0.2, 0.25) is 0 Å². The van der Waals surface area contributed by atoms with E-state index >= 15 is 0 Å². The van der Waals surface area contributed by atoms with E-state index in [1.807, 2.05) is 6.92 Å². The molecule has 66 valence electrons. The average molecular weight is 185 g/mol. The van der Waals surface area contributed by atoms with Crippen LogP contribution in [-0.4, -0.2) is 23.0 Å². The van der Waals surface area contributed by atoms with Crippen LogP contribution < -0.4 is 5.73 Å². The third kappa shape index (κ3) is 1.94. The van der Waals surface area contributed by atoms with Crippen molar-refractivity contribution in [2.75, 3.05) is 7.05 Å². The van der Waals surface area contributed by atoms with Crippen LogP contribution in [0.5, 0.6) is 0 Å². The lowest BCUT2D eigenvalue weighted by molar-refractivity contribution is 0.217. The summed E-state index contributed by atoms with van der Waals surface area (Å²) in [6, 6.07) is -0.414. The molecule has 2 amide bonds. The van der Waals surface area contributed by atoms with Gasteiger partial charge in [-0.1, -0.05) is 0 Å². The van der Waals surface area contributed by atoms with Crippen LogP contribution in [0.2, 0.25) is 0 Å². The van der Waals surface area contributed by atoms with Gasteiger partial charge in [0.15, 0.2) is 0 Å². The summed E-state index contributed by atoms with van der Waals surface area (Å²) < 4.78 is 0. The summed E-state index contributed by atoms with van der Waals surface area (Å²) in [6.45, 7) is 2.46. The Kier molecular flexibility index (Phi) is 2.65. The Morgan fingerprint density at radius 2 is 2.50 bits per heavy atom. The van der Waals surface area contributed by atoms with Gasteiger partial charge >= 0.3 is 6.03 Å². The number of carbonyl (C=O) groups is 1. The second-order valence-corrected chi connectivity index (χ2v) is 3.49. The second kappa shape index (κ2) is 3.53. The molecule has 0 saturated carbocycles. The van der Waals surface area contributed by atoms with E-state index in [4.69, 9.17) is 5.73 Å². The maximum absolute atomic E-state index is 10.7. The van der Waals surface area contributed by atoms with E-state index in [2.05, 4.69) is 4.98 Å². The number of carbonyl (C=O) groups excluding carboxylic acids is 1. The minimum Gasteiger partial charge on any atom is -0.351 e. The topological polar surface area (TPSA) is 59.2 Å². The molecule has 0 radical (unpaired) electrons. The molecule has 2 N–H and O–H groups in total. The van der Waals surface area contributed by atoms with E-state index in [0.717, 1.165) is 10.6 Å². The normalized spacial score (nSPS) is 9.83. The van der Waals surface area contributed by atoms with Gasteiger partial charge in [-0.15, -0.1) is 11.3 Å². The molecule has 0 saturated heterocycles. The monoisotopic (exact) mass is 185 g/mol. The molecule has 5 heteroatoms. The third-order valence-electron chi connectivity index (χ3n) is 1.60. The first-order chi connectivity index (χ1) is 5.61. The molecule has 1 aromatic heterocycles. The van der Waals surface area contributed by atoms with Gasteiger partial charge in [0.05, 0.1) is 17.7 Å². The first kappa shape index (κ1) is 8.99. The van der Waals surface area contributed by atoms with Crippen LogP contribution >= 0.6 is 11.3 Å². The average Bonchev–Trinajstić information content (AvgIpc) is 2.36. The number of nitrogens with two attached hydrogens (primary N) is 1. The van der Waals surface area contributed by atoms with Crippen LogP contribution in [0.1, 0.15) is 10.6 Å². The number of nitrogens with zero attached hydrogens (tertiary/aromatic N) is 2. The Balaban J connectivity index is 2.64. The molecule has 0 atom stereocenters. The lowest BCUT2D eigenvalue weighted by Gasteiger charge is -2.12. The van der Waals surface area contributed by atoms with Crippen LogP contribution in [0.15, 0.2) is 5.51 Å². The number of urea groups is 1. The van der Waals surface area contributed by atoms with Crippen molar-refractivity contribution >= 4 is 17.4 Å². The first-order valence-corrected chi connectivity index (χ1v) is 4.38. The van der Waals surface area contributed by atoms with Crippen LogP contribution in [0.4, 0.5) is 4.79 Å². The molecule has 1 rings (SSSR count). The van der Waals surface area contributed by atoms with Gasteiger partial charge in [0, 0.05) is 11.9 Å². The predicted octanol–water partition coefficient (Wildman–Crippen LogP) is 0.962. The highest BCUT2D eigenvalue weighted by Crippen LogP contribution is 2.13. The lowest BCUT2D eigenvalue weighted by atomic mass is 10.4. The molecule has 0 aliphatic rings. The Hall–Kier alpha value is -1.10. The Morgan fingerprint density at radius 1 is 1.83 bits per heavy atom. The van der Waals surface area contributed by atoms with Crippen LogP contribution in [-0.2, 0) is 6.54 Å². The number of amides is 2. The van der Waals surface area contributed by atoms with Crippen LogP contribution in [0.3, 0.4) is 0 Å². The highest BCUT2D eigenvalue weighted by Gasteiger charge is 2.07. The number of hydrogen-bond acceptors (Lipinski definition) is 3. The second-order valence-electron chi connectivity index (χ2n) is 2.56. The van der Waals surface area contributed by atoms with E-state index in [-0.39, 0.29) is 0 Å². The number of aryl methyl sites for hydroxylation is 1. The van der Waals surface area contributed by atoms with Gasteiger partial charge < -0.3 is 10.6 Å². The zero-order valence-corrected chi connectivity index (χ0v) is 7.89. The van der Waals surface area contributed by atoms with Crippen molar-refractivity contribution in [2.24, 2.45) is 5.73 Å². The number of rotatable bonds is 2. The van der Waals surface area contributed by atoms with Gasteiger partial charge in [0.25, 0.3) is 0 Å². The van der Waals surface area contributed by atoms with Gasteiger partial charge in [0.1, 0.15) is 0 Å². The van der Waals surface area contributed by atoms with Gasteiger partial charge in [-0.25, -0.2) is 9.78 Å². The van der Waals surface area contributed by atoms with E-state index in [1.54, 1.807) is 12.6 Å². The summed E-state index contributed by atoms with van der Waals surface area (Å²) in [6.07, 6.45) is 0. The van der Waals surface area contributed by atoms with Gasteiger partial charge in [-0.3, -0.25) is 0 Å². The Bertz CT molecular complexity index is 284. The molecule has 0 bridgehead atoms. The Morgan fingerprint density at radius 3 is 2.92 bits per heavy atom. The van der Waals surface area contributed by atoms with Crippen molar-refractivity contribution in [2.45, 2.75) is 13.5 Å². The van der Waals surface area contributed by atoms with Crippen molar-refractivity contribution in [3.8, 4) is 0 Å². The summed E-state index contributed by atoms with van der Waals surface area (Å²) in [5.74, 6) is 0. The maximum Gasteiger partial charge on any atom is 0.314 e. The van der Waals surface area contributed by atoms with Crippen molar-refractivity contribution in [1.82, 2.24) is 9.88 Å². The predicted molar refractivity (Wildman–Crippen MR) is 47.9 cm³/mol. The SMILES string of the molecule is Cc1ncsc1CN(C)C(N)=O. The van der Waals surface area contributed by atoms with E-state index in [0.29, 0.717) is 6.54 Å². The van der Waals surface area contributed by atoms with Gasteiger partial charge in [-0.05, 0) is 6.92 Å². The first-order valence-electron chi connectivity index (χ1n) is 3.51. The molecule has 1 aromatic rings. The van der Waals surface area contributed by atoms with Crippen LogP contribution in [0.25, 0.3) is 0 Å². The molecule has 0 aromatic carbocycles. The minimum absolute atomic E-state index is 0.414. The van der Waals surface area contributed by atoms with Crippen LogP contribution in [0, 0.1) is 6.92 Å². The summed E-state index contributed by atoms with van der Waals surface area (Å²) in [5.41, 5.74) is 7.80. The van der Waals surface area contributed by atoms with E-state index < -0.39 is 6.03 Å². The lowest BCUT2D eigenvalue weighted by Crippen LogP contribution is -2.31. The molecule has 0 fully saturated rings. The molecular weight excluding hydrogens is 174 g/mol.